The minimum absolute atomic E-state index is 0.126. The highest BCUT2D eigenvalue weighted by atomic mass is 79.9. The number of phenols is 1. The van der Waals surface area contributed by atoms with Gasteiger partial charge in [-0.15, -0.1) is 0 Å². The van der Waals surface area contributed by atoms with Crippen LogP contribution in [0, 0.1) is 0 Å². The van der Waals surface area contributed by atoms with Crippen LogP contribution in [0.5, 0.6) is 5.75 Å². The Morgan fingerprint density at radius 2 is 1.87 bits per heavy atom. The van der Waals surface area contributed by atoms with E-state index in [1.807, 2.05) is 0 Å². The van der Waals surface area contributed by atoms with Crippen molar-refractivity contribution >= 4 is 45.0 Å². The maximum absolute atomic E-state index is 12.3. The quantitative estimate of drug-likeness (QED) is 0.829. The average Bonchev–Trinajstić information content (AvgIpc) is 2.51. The van der Waals surface area contributed by atoms with E-state index >= 15 is 0 Å². The third kappa shape index (κ3) is 4.71. The number of anilines is 1. The van der Waals surface area contributed by atoms with Crippen LogP contribution in [0.3, 0.4) is 0 Å². The van der Waals surface area contributed by atoms with Crippen LogP contribution in [0.1, 0.15) is 10.4 Å². The van der Waals surface area contributed by atoms with Crippen molar-refractivity contribution in [1.82, 2.24) is 4.90 Å². The zero-order valence-electron chi connectivity index (χ0n) is 12.2. The Labute approximate surface area is 147 Å². The van der Waals surface area contributed by atoms with Gasteiger partial charge in [0, 0.05) is 22.2 Å². The zero-order valence-corrected chi connectivity index (χ0v) is 14.6. The summed E-state index contributed by atoms with van der Waals surface area (Å²) >= 11 is 9.02. The first-order valence-electron chi connectivity index (χ1n) is 6.66. The number of halogens is 2. The maximum atomic E-state index is 12.3. The van der Waals surface area contributed by atoms with Crippen LogP contribution >= 0.6 is 27.5 Å². The molecule has 0 fully saturated rings. The molecule has 0 radical (unpaired) electrons. The number of carbonyl (C=O) groups excluding carboxylic acids is 2. The predicted molar refractivity (Wildman–Crippen MR) is 92.8 cm³/mol. The fourth-order valence-electron chi connectivity index (χ4n) is 1.91. The van der Waals surface area contributed by atoms with Crippen LogP contribution in [0.15, 0.2) is 46.9 Å². The van der Waals surface area contributed by atoms with Crippen LogP contribution in [-0.2, 0) is 4.79 Å². The van der Waals surface area contributed by atoms with E-state index < -0.39 is 5.91 Å². The summed E-state index contributed by atoms with van der Waals surface area (Å²) in [6.45, 7) is -0.145. The number of phenolic OH excluding ortho intramolecular Hbond substituents is 1. The fourth-order valence-corrected chi connectivity index (χ4v) is 2.39. The molecular formula is C16H14BrClN2O3. The topological polar surface area (TPSA) is 69.6 Å². The molecule has 0 aliphatic carbocycles. The second-order valence-corrected chi connectivity index (χ2v) is 6.23. The van der Waals surface area contributed by atoms with Gasteiger partial charge in [0.15, 0.2) is 0 Å². The van der Waals surface area contributed by atoms with E-state index in [1.165, 1.54) is 24.1 Å². The Morgan fingerprint density at radius 3 is 2.52 bits per heavy atom. The fraction of sp³-hybridized carbons (Fsp3) is 0.125. The Hall–Kier alpha value is -2.05. The van der Waals surface area contributed by atoms with E-state index in [0.717, 1.165) is 0 Å². The SMILES string of the molecule is CN(CC(=O)Nc1ccc(Cl)cc1)C(=O)c1cc(Br)ccc1O. The minimum Gasteiger partial charge on any atom is -0.507 e. The average molecular weight is 398 g/mol. The van der Waals surface area contributed by atoms with Crippen molar-refractivity contribution in [3.8, 4) is 5.75 Å². The van der Waals surface area contributed by atoms with Gasteiger partial charge in [0.2, 0.25) is 5.91 Å². The first-order chi connectivity index (χ1) is 10.9. The lowest BCUT2D eigenvalue weighted by molar-refractivity contribution is -0.116. The van der Waals surface area contributed by atoms with Gasteiger partial charge in [-0.2, -0.15) is 0 Å². The first kappa shape index (κ1) is 17.3. The van der Waals surface area contributed by atoms with Gasteiger partial charge in [-0.3, -0.25) is 9.59 Å². The molecule has 0 spiro atoms. The van der Waals surface area contributed by atoms with Gasteiger partial charge in [0.05, 0.1) is 12.1 Å². The second kappa shape index (κ2) is 7.48. The largest absolute Gasteiger partial charge is 0.507 e. The Morgan fingerprint density at radius 1 is 1.22 bits per heavy atom. The number of nitrogens with one attached hydrogen (secondary N) is 1. The van der Waals surface area contributed by atoms with Crippen molar-refractivity contribution < 1.29 is 14.7 Å². The monoisotopic (exact) mass is 396 g/mol. The van der Waals surface area contributed by atoms with E-state index in [-0.39, 0.29) is 23.8 Å². The van der Waals surface area contributed by atoms with Gasteiger partial charge in [-0.1, -0.05) is 27.5 Å². The number of carbonyl (C=O) groups is 2. The third-order valence-electron chi connectivity index (χ3n) is 3.04. The van der Waals surface area contributed by atoms with Crippen LogP contribution in [0.2, 0.25) is 5.02 Å². The van der Waals surface area contributed by atoms with Crippen molar-refractivity contribution in [2.45, 2.75) is 0 Å². The molecule has 0 saturated heterocycles. The van der Waals surface area contributed by atoms with Gasteiger partial charge in [-0.25, -0.2) is 0 Å². The van der Waals surface area contributed by atoms with Crippen molar-refractivity contribution in [1.29, 1.82) is 0 Å². The first-order valence-corrected chi connectivity index (χ1v) is 7.83. The lowest BCUT2D eigenvalue weighted by atomic mass is 10.2. The molecule has 7 heteroatoms. The molecule has 5 nitrogen and oxygen atoms in total. The smallest absolute Gasteiger partial charge is 0.257 e. The van der Waals surface area contributed by atoms with E-state index in [9.17, 15) is 14.7 Å². The highest BCUT2D eigenvalue weighted by Gasteiger charge is 2.18. The molecule has 0 aromatic heterocycles. The molecule has 2 amide bonds. The Kier molecular flexibility index (Phi) is 5.63. The van der Waals surface area contributed by atoms with Gasteiger partial charge in [0.1, 0.15) is 5.75 Å². The van der Waals surface area contributed by atoms with Crippen molar-refractivity contribution in [2.24, 2.45) is 0 Å². The van der Waals surface area contributed by atoms with E-state index in [1.54, 1.807) is 30.3 Å². The highest BCUT2D eigenvalue weighted by molar-refractivity contribution is 9.10. The van der Waals surface area contributed by atoms with Gasteiger partial charge >= 0.3 is 0 Å². The molecule has 0 heterocycles. The number of nitrogens with zero attached hydrogens (tertiary/aromatic N) is 1. The Bertz CT molecular complexity index is 735. The van der Waals surface area contributed by atoms with Crippen LogP contribution < -0.4 is 5.32 Å². The predicted octanol–water partition coefficient (Wildman–Crippen LogP) is 3.52. The number of benzene rings is 2. The number of hydrogen-bond donors (Lipinski definition) is 2. The standard InChI is InChI=1S/C16H14BrClN2O3/c1-20(16(23)13-8-10(17)2-7-14(13)21)9-15(22)19-12-5-3-11(18)4-6-12/h2-8,21H,9H2,1H3,(H,19,22). The summed E-state index contributed by atoms with van der Waals surface area (Å²) in [7, 11) is 1.49. The van der Waals surface area contributed by atoms with Crippen molar-refractivity contribution in [3.05, 3.63) is 57.5 Å². The summed E-state index contributed by atoms with van der Waals surface area (Å²) in [5, 5.41) is 13.0. The van der Waals surface area contributed by atoms with Crippen LogP contribution in [-0.4, -0.2) is 35.4 Å². The van der Waals surface area contributed by atoms with Crippen LogP contribution in [0.25, 0.3) is 0 Å². The summed E-state index contributed by atoms with van der Waals surface area (Å²) in [6.07, 6.45) is 0. The van der Waals surface area contributed by atoms with Crippen molar-refractivity contribution in [2.75, 3.05) is 18.9 Å². The van der Waals surface area contributed by atoms with E-state index in [2.05, 4.69) is 21.2 Å². The number of aromatic hydroxyl groups is 1. The van der Waals surface area contributed by atoms with E-state index in [4.69, 9.17) is 11.6 Å². The molecule has 0 bridgehead atoms. The summed E-state index contributed by atoms with van der Waals surface area (Å²) in [6, 6.07) is 11.2. The molecule has 23 heavy (non-hydrogen) atoms. The number of hydrogen-bond acceptors (Lipinski definition) is 3. The molecule has 120 valence electrons. The summed E-state index contributed by atoms with van der Waals surface area (Å²) in [4.78, 5) is 25.5. The molecule has 2 aromatic rings. The molecule has 0 unspecified atom stereocenters. The highest BCUT2D eigenvalue weighted by Crippen LogP contribution is 2.23. The minimum atomic E-state index is -0.449. The molecule has 2 rings (SSSR count). The lowest BCUT2D eigenvalue weighted by Gasteiger charge is -2.17. The molecule has 2 N–H and O–H groups in total. The molecule has 2 aromatic carbocycles. The molecule has 0 atom stereocenters. The second-order valence-electron chi connectivity index (χ2n) is 4.88. The third-order valence-corrected chi connectivity index (χ3v) is 3.79. The number of amides is 2. The lowest BCUT2D eigenvalue weighted by Crippen LogP contribution is -2.35. The summed E-state index contributed by atoms with van der Waals surface area (Å²) in [5.41, 5.74) is 0.715. The molecule has 0 aliphatic rings. The summed E-state index contributed by atoms with van der Waals surface area (Å²) in [5.74, 6) is -0.934. The molecule has 0 aliphatic heterocycles. The van der Waals surface area contributed by atoms with Gasteiger partial charge < -0.3 is 15.3 Å². The zero-order chi connectivity index (χ0) is 17.0. The summed E-state index contributed by atoms with van der Waals surface area (Å²) < 4.78 is 0.665. The van der Waals surface area contributed by atoms with E-state index in [0.29, 0.717) is 15.2 Å². The van der Waals surface area contributed by atoms with Crippen molar-refractivity contribution in [3.63, 3.8) is 0 Å². The maximum Gasteiger partial charge on any atom is 0.257 e. The Balaban J connectivity index is 2.01. The van der Waals surface area contributed by atoms with Gasteiger partial charge in [0.25, 0.3) is 5.91 Å². The van der Waals surface area contributed by atoms with Gasteiger partial charge in [-0.05, 0) is 42.5 Å². The molecular weight excluding hydrogens is 384 g/mol. The number of likely N-dealkylation sites (N-methyl/N-ethyl adjacent to an activating group) is 1. The van der Waals surface area contributed by atoms with Crippen LogP contribution in [0.4, 0.5) is 5.69 Å². The molecule has 0 saturated carbocycles. The number of rotatable bonds is 4. The normalized spacial score (nSPS) is 10.2.